The van der Waals surface area contributed by atoms with Crippen LogP contribution in [0.15, 0.2) is 18.2 Å². The van der Waals surface area contributed by atoms with E-state index in [1.54, 1.807) is 7.11 Å². The minimum absolute atomic E-state index is 0.548. The van der Waals surface area contributed by atoms with E-state index in [1.807, 2.05) is 18.2 Å². The van der Waals surface area contributed by atoms with Crippen LogP contribution in [0.4, 0.5) is 5.69 Å². The normalized spacial score (nSPS) is 24.4. The van der Waals surface area contributed by atoms with E-state index in [9.17, 15) is 0 Å². The van der Waals surface area contributed by atoms with Gasteiger partial charge in [0.05, 0.1) is 12.8 Å². The highest BCUT2D eigenvalue weighted by atomic mass is 35.5. The Labute approximate surface area is 102 Å². The molecule has 0 aromatic heterocycles. The highest BCUT2D eigenvalue weighted by molar-refractivity contribution is 6.30. The molecule has 2 atom stereocenters. The maximum absolute atomic E-state index is 6.00. The van der Waals surface area contributed by atoms with Crippen molar-refractivity contribution in [2.45, 2.75) is 32.2 Å². The van der Waals surface area contributed by atoms with Gasteiger partial charge in [0.25, 0.3) is 0 Å². The molecule has 0 saturated heterocycles. The molecule has 3 heteroatoms. The van der Waals surface area contributed by atoms with Crippen LogP contribution in [-0.4, -0.2) is 13.2 Å². The fraction of sp³-hybridized carbons (Fsp3) is 0.538. The van der Waals surface area contributed by atoms with Crippen molar-refractivity contribution in [3.05, 3.63) is 23.2 Å². The molecule has 16 heavy (non-hydrogen) atoms. The van der Waals surface area contributed by atoms with Crippen LogP contribution in [0.3, 0.4) is 0 Å². The maximum Gasteiger partial charge on any atom is 0.142 e. The van der Waals surface area contributed by atoms with Crippen molar-refractivity contribution in [3.8, 4) is 5.75 Å². The van der Waals surface area contributed by atoms with Gasteiger partial charge in [-0.1, -0.05) is 24.9 Å². The van der Waals surface area contributed by atoms with Crippen LogP contribution in [0, 0.1) is 5.92 Å². The summed E-state index contributed by atoms with van der Waals surface area (Å²) < 4.78 is 5.32. The van der Waals surface area contributed by atoms with Crippen molar-refractivity contribution in [2.24, 2.45) is 5.92 Å². The Kier molecular flexibility index (Phi) is 3.59. The summed E-state index contributed by atoms with van der Waals surface area (Å²) in [5.41, 5.74) is 1.01. The van der Waals surface area contributed by atoms with Gasteiger partial charge in [-0.25, -0.2) is 0 Å². The fourth-order valence-electron chi connectivity index (χ4n) is 2.35. The summed E-state index contributed by atoms with van der Waals surface area (Å²) in [5.74, 6) is 1.59. The molecule has 0 bridgehead atoms. The molecule has 1 aromatic rings. The summed E-state index contributed by atoms with van der Waals surface area (Å²) >= 11 is 6.00. The van der Waals surface area contributed by atoms with Gasteiger partial charge in [0.1, 0.15) is 5.75 Å². The van der Waals surface area contributed by atoms with E-state index in [-0.39, 0.29) is 0 Å². The molecule has 0 spiro atoms. The first-order chi connectivity index (χ1) is 7.70. The Morgan fingerprint density at radius 1 is 1.38 bits per heavy atom. The summed E-state index contributed by atoms with van der Waals surface area (Å²) in [6.07, 6.45) is 3.85. The van der Waals surface area contributed by atoms with Gasteiger partial charge in [-0.3, -0.25) is 0 Å². The van der Waals surface area contributed by atoms with Gasteiger partial charge in [0, 0.05) is 11.1 Å². The van der Waals surface area contributed by atoms with Gasteiger partial charge in [-0.15, -0.1) is 0 Å². The molecule has 1 aliphatic rings. The molecule has 2 rings (SSSR count). The number of rotatable bonds is 3. The molecule has 1 fully saturated rings. The zero-order chi connectivity index (χ0) is 11.5. The van der Waals surface area contributed by atoms with Crippen LogP contribution < -0.4 is 10.1 Å². The molecular formula is C13H18ClNO. The molecule has 0 amide bonds. The van der Waals surface area contributed by atoms with Gasteiger partial charge in [-0.05, 0) is 37.0 Å². The quantitative estimate of drug-likeness (QED) is 0.863. The molecule has 0 radical (unpaired) electrons. The van der Waals surface area contributed by atoms with Gasteiger partial charge in [0.15, 0.2) is 0 Å². The average Bonchev–Trinajstić information content (AvgIpc) is 2.65. The first-order valence-corrected chi connectivity index (χ1v) is 6.18. The standard InChI is InChI=1S/C13H18ClNO/c1-9-4-3-5-11(9)15-12-8-10(14)6-7-13(12)16-2/h6-9,11,15H,3-5H2,1-2H3. The second kappa shape index (κ2) is 4.96. The summed E-state index contributed by atoms with van der Waals surface area (Å²) in [7, 11) is 1.69. The van der Waals surface area contributed by atoms with Crippen molar-refractivity contribution in [2.75, 3.05) is 12.4 Å². The van der Waals surface area contributed by atoms with Crippen molar-refractivity contribution in [1.82, 2.24) is 0 Å². The lowest BCUT2D eigenvalue weighted by Crippen LogP contribution is -2.22. The first kappa shape index (κ1) is 11.6. The van der Waals surface area contributed by atoms with E-state index >= 15 is 0 Å². The molecule has 1 aromatic carbocycles. The Morgan fingerprint density at radius 3 is 2.81 bits per heavy atom. The average molecular weight is 240 g/mol. The van der Waals surface area contributed by atoms with Crippen LogP contribution in [0.1, 0.15) is 26.2 Å². The Bertz CT molecular complexity index is 367. The summed E-state index contributed by atoms with van der Waals surface area (Å²) in [5, 5.41) is 4.29. The molecular weight excluding hydrogens is 222 g/mol. The number of nitrogens with one attached hydrogen (secondary N) is 1. The molecule has 0 aliphatic heterocycles. The predicted molar refractivity (Wildman–Crippen MR) is 68.4 cm³/mol. The highest BCUT2D eigenvalue weighted by Gasteiger charge is 2.23. The minimum atomic E-state index is 0.548. The maximum atomic E-state index is 6.00. The van der Waals surface area contributed by atoms with Gasteiger partial charge < -0.3 is 10.1 Å². The minimum Gasteiger partial charge on any atom is -0.495 e. The lowest BCUT2D eigenvalue weighted by Gasteiger charge is -2.20. The zero-order valence-electron chi connectivity index (χ0n) is 9.79. The molecule has 0 heterocycles. The Balaban J connectivity index is 2.16. The Hall–Kier alpha value is -0.890. The third-order valence-corrected chi connectivity index (χ3v) is 3.60. The highest BCUT2D eigenvalue weighted by Crippen LogP contribution is 2.33. The monoisotopic (exact) mass is 239 g/mol. The SMILES string of the molecule is COc1ccc(Cl)cc1NC1CCCC1C. The van der Waals surface area contributed by atoms with Crippen molar-refractivity contribution >= 4 is 17.3 Å². The second-order valence-electron chi connectivity index (χ2n) is 4.50. The van der Waals surface area contributed by atoms with Crippen molar-refractivity contribution < 1.29 is 4.74 Å². The first-order valence-electron chi connectivity index (χ1n) is 5.81. The topological polar surface area (TPSA) is 21.3 Å². The third kappa shape index (κ3) is 2.43. The van der Waals surface area contributed by atoms with E-state index < -0.39 is 0 Å². The number of hydrogen-bond donors (Lipinski definition) is 1. The molecule has 1 N–H and O–H groups in total. The second-order valence-corrected chi connectivity index (χ2v) is 4.94. The molecule has 2 unspecified atom stereocenters. The molecule has 2 nitrogen and oxygen atoms in total. The van der Waals surface area contributed by atoms with E-state index in [0.717, 1.165) is 22.4 Å². The smallest absolute Gasteiger partial charge is 0.142 e. The molecule has 88 valence electrons. The van der Waals surface area contributed by atoms with Crippen LogP contribution in [-0.2, 0) is 0 Å². The number of benzene rings is 1. The van der Waals surface area contributed by atoms with E-state index in [0.29, 0.717) is 6.04 Å². The lowest BCUT2D eigenvalue weighted by molar-refractivity contribution is 0.415. The van der Waals surface area contributed by atoms with E-state index in [1.165, 1.54) is 19.3 Å². The summed E-state index contributed by atoms with van der Waals surface area (Å²) in [4.78, 5) is 0. The summed E-state index contributed by atoms with van der Waals surface area (Å²) in [6.45, 7) is 2.29. The molecule has 1 saturated carbocycles. The zero-order valence-corrected chi connectivity index (χ0v) is 10.6. The number of methoxy groups -OCH3 is 1. The van der Waals surface area contributed by atoms with Gasteiger partial charge >= 0.3 is 0 Å². The Morgan fingerprint density at radius 2 is 2.19 bits per heavy atom. The number of anilines is 1. The number of ether oxygens (including phenoxy) is 1. The number of hydrogen-bond acceptors (Lipinski definition) is 2. The van der Waals surface area contributed by atoms with Crippen LogP contribution in [0.5, 0.6) is 5.75 Å². The van der Waals surface area contributed by atoms with Gasteiger partial charge in [0.2, 0.25) is 0 Å². The number of halogens is 1. The van der Waals surface area contributed by atoms with Crippen LogP contribution in [0.2, 0.25) is 5.02 Å². The van der Waals surface area contributed by atoms with Crippen LogP contribution in [0.25, 0.3) is 0 Å². The summed E-state index contributed by atoms with van der Waals surface area (Å²) in [6, 6.07) is 6.24. The predicted octanol–water partition coefficient (Wildman–Crippen LogP) is 3.95. The fourth-order valence-corrected chi connectivity index (χ4v) is 2.52. The van der Waals surface area contributed by atoms with Crippen LogP contribution >= 0.6 is 11.6 Å². The largest absolute Gasteiger partial charge is 0.495 e. The third-order valence-electron chi connectivity index (χ3n) is 3.36. The van der Waals surface area contributed by atoms with Crippen molar-refractivity contribution in [3.63, 3.8) is 0 Å². The van der Waals surface area contributed by atoms with Crippen molar-refractivity contribution in [1.29, 1.82) is 0 Å². The molecule has 1 aliphatic carbocycles. The van der Waals surface area contributed by atoms with E-state index in [2.05, 4.69) is 12.2 Å². The van der Waals surface area contributed by atoms with E-state index in [4.69, 9.17) is 16.3 Å². The lowest BCUT2D eigenvalue weighted by atomic mass is 10.1. The van der Waals surface area contributed by atoms with Gasteiger partial charge in [-0.2, -0.15) is 0 Å².